The minimum absolute atomic E-state index is 0.0276. The first-order chi connectivity index (χ1) is 10.5. The molecule has 0 fully saturated rings. The quantitative estimate of drug-likeness (QED) is 0.709. The number of nitrogens with one attached hydrogen (secondary N) is 1. The summed E-state index contributed by atoms with van der Waals surface area (Å²) >= 11 is 7.23. The lowest BCUT2D eigenvalue weighted by atomic mass is 10.1. The van der Waals surface area contributed by atoms with Gasteiger partial charge in [-0.25, -0.2) is 0 Å². The van der Waals surface area contributed by atoms with Crippen LogP contribution in [0.2, 0.25) is 5.02 Å². The van der Waals surface area contributed by atoms with Gasteiger partial charge in [-0.1, -0.05) is 41.6 Å². The van der Waals surface area contributed by atoms with Gasteiger partial charge < -0.3 is 16.8 Å². The lowest BCUT2D eigenvalue weighted by Crippen LogP contribution is -2.28. The largest absolute Gasteiger partial charge is 0.368 e. The van der Waals surface area contributed by atoms with Gasteiger partial charge in [0.15, 0.2) is 5.16 Å². The average Bonchev–Trinajstić information content (AvgIpc) is 2.44. The van der Waals surface area contributed by atoms with Crippen molar-refractivity contribution in [2.24, 2.45) is 0 Å². The van der Waals surface area contributed by atoms with Crippen LogP contribution in [0, 0.1) is 0 Å². The number of aromatic nitrogens is 3. The van der Waals surface area contributed by atoms with Crippen LogP contribution in [0.5, 0.6) is 0 Å². The highest BCUT2D eigenvalue weighted by atomic mass is 35.5. The molecular weight excluding hydrogens is 324 g/mol. The Kier molecular flexibility index (Phi) is 5.40. The lowest BCUT2D eigenvalue weighted by Gasteiger charge is -2.15. The predicted octanol–water partition coefficient (Wildman–Crippen LogP) is 1.66. The van der Waals surface area contributed by atoms with E-state index in [0.29, 0.717) is 10.2 Å². The van der Waals surface area contributed by atoms with Gasteiger partial charge in [0, 0.05) is 5.02 Å². The molecular formula is C13H15ClN6OS. The molecule has 5 N–H and O–H groups in total. The molecule has 1 aromatic carbocycles. The zero-order valence-corrected chi connectivity index (χ0v) is 13.4. The van der Waals surface area contributed by atoms with Crippen LogP contribution in [0.3, 0.4) is 0 Å². The first-order valence-corrected chi connectivity index (χ1v) is 7.75. The second-order valence-electron chi connectivity index (χ2n) is 4.43. The van der Waals surface area contributed by atoms with Crippen LogP contribution in [-0.2, 0) is 4.79 Å². The number of thioether (sulfide) groups is 1. The number of carbonyl (C=O) groups is 1. The first-order valence-electron chi connectivity index (χ1n) is 6.39. The number of nitrogens with two attached hydrogens (primary N) is 2. The van der Waals surface area contributed by atoms with E-state index in [1.807, 2.05) is 25.1 Å². The molecule has 2 rings (SSSR count). The third kappa shape index (κ3) is 4.47. The minimum atomic E-state index is -0.199. The van der Waals surface area contributed by atoms with Crippen molar-refractivity contribution in [2.75, 3.05) is 17.2 Å². The molecule has 0 saturated heterocycles. The van der Waals surface area contributed by atoms with E-state index in [-0.39, 0.29) is 29.6 Å². The zero-order valence-electron chi connectivity index (χ0n) is 11.8. The molecule has 0 aliphatic carbocycles. The fraction of sp³-hybridized carbons (Fsp3) is 0.231. The molecule has 1 heterocycles. The van der Waals surface area contributed by atoms with Crippen LogP contribution in [-0.4, -0.2) is 26.6 Å². The number of benzene rings is 1. The van der Waals surface area contributed by atoms with Crippen LogP contribution in [0.25, 0.3) is 0 Å². The molecule has 1 unspecified atom stereocenters. The van der Waals surface area contributed by atoms with Crippen LogP contribution in [0.15, 0.2) is 29.4 Å². The number of hydrogen-bond donors (Lipinski definition) is 3. The summed E-state index contributed by atoms with van der Waals surface area (Å²) < 4.78 is 0. The van der Waals surface area contributed by atoms with E-state index in [0.717, 1.165) is 17.3 Å². The molecule has 0 bridgehead atoms. The monoisotopic (exact) mass is 338 g/mol. The average molecular weight is 339 g/mol. The molecule has 0 aliphatic heterocycles. The van der Waals surface area contributed by atoms with E-state index in [2.05, 4.69) is 20.3 Å². The van der Waals surface area contributed by atoms with E-state index in [1.54, 1.807) is 6.07 Å². The van der Waals surface area contributed by atoms with Crippen molar-refractivity contribution in [3.8, 4) is 0 Å². The van der Waals surface area contributed by atoms with Crippen molar-refractivity contribution >= 4 is 41.2 Å². The molecule has 0 saturated carbocycles. The van der Waals surface area contributed by atoms with E-state index in [4.69, 9.17) is 23.1 Å². The van der Waals surface area contributed by atoms with Gasteiger partial charge in [-0.3, -0.25) is 4.79 Å². The van der Waals surface area contributed by atoms with E-state index in [1.165, 1.54) is 0 Å². The summed E-state index contributed by atoms with van der Waals surface area (Å²) in [6.45, 7) is 1.86. The topological polar surface area (TPSA) is 120 Å². The highest BCUT2D eigenvalue weighted by molar-refractivity contribution is 7.99. The fourth-order valence-electron chi connectivity index (χ4n) is 1.77. The minimum Gasteiger partial charge on any atom is -0.368 e. The molecule has 1 aromatic heterocycles. The molecule has 7 nitrogen and oxygen atoms in total. The molecule has 0 spiro atoms. The number of halogens is 1. The van der Waals surface area contributed by atoms with Gasteiger partial charge in [0.25, 0.3) is 0 Å². The SMILES string of the molecule is CC(NC(=O)CSc1nc(N)nc(N)n1)c1ccccc1Cl. The van der Waals surface area contributed by atoms with Crippen LogP contribution >= 0.6 is 23.4 Å². The fourth-order valence-corrected chi connectivity index (χ4v) is 2.73. The zero-order chi connectivity index (χ0) is 16.1. The second-order valence-corrected chi connectivity index (χ2v) is 5.78. The second kappa shape index (κ2) is 7.28. The number of nitrogens with zero attached hydrogens (tertiary/aromatic N) is 3. The predicted molar refractivity (Wildman–Crippen MR) is 87.4 cm³/mol. The van der Waals surface area contributed by atoms with E-state index in [9.17, 15) is 4.79 Å². The maximum absolute atomic E-state index is 12.0. The summed E-state index contributed by atoms with van der Waals surface area (Å²) in [5.74, 6) is 0.0205. The van der Waals surface area contributed by atoms with Crippen LogP contribution < -0.4 is 16.8 Å². The Hall–Kier alpha value is -2.06. The van der Waals surface area contributed by atoms with Gasteiger partial charge in [0.2, 0.25) is 17.8 Å². The molecule has 1 amide bonds. The van der Waals surface area contributed by atoms with Crippen molar-refractivity contribution < 1.29 is 4.79 Å². The Morgan fingerprint density at radius 1 is 1.27 bits per heavy atom. The lowest BCUT2D eigenvalue weighted by molar-refractivity contribution is -0.119. The summed E-state index contributed by atoms with van der Waals surface area (Å²) in [6.07, 6.45) is 0. The smallest absolute Gasteiger partial charge is 0.230 e. The van der Waals surface area contributed by atoms with Crippen molar-refractivity contribution in [1.82, 2.24) is 20.3 Å². The molecule has 0 radical (unpaired) electrons. The molecule has 9 heteroatoms. The summed E-state index contributed by atoms with van der Waals surface area (Å²) in [4.78, 5) is 23.4. The van der Waals surface area contributed by atoms with Gasteiger partial charge in [-0.2, -0.15) is 15.0 Å². The number of amides is 1. The van der Waals surface area contributed by atoms with E-state index >= 15 is 0 Å². The van der Waals surface area contributed by atoms with Gasteiger partial charge in [-0.15, -0.1) is 0 Å². The van der Waals surface area contributed by atoms with Crippen molar-refractivity contribution in [3.63, 3.8) is 0 Å². The summed E-state index contributed by atoms with van der Waals surface area (Å²) in [6, 6.07) is 7.16. The maximum Gasteiger partial charge on any atom is 0.230 e. The molecule has 22 heavy (non-hydrogen) atoms. The molecule has 0 aliphatic rings. The highest BCUT2D eigenvalue weighted by Crippen LogP contribution is 2.22. The van der Waals surface area contributed by atoms with Gasteiger partial charge in [-0.05, 0) is 18.6 Å². The number of hydrogen-bond acceptors (Lipinski definition) is 7. The molecule has 2 aromatic rings. The number of carbonyl (C=O) groups excluding carboxylic acids is 1. The standard InChI is InChI=1S/C13H15ClN6OS/c1-7(8-4-2-3-5-9(8)14)17-10(21)6-22-13-19-11(15)18-12(16)20-13/h2-5,7H,6H2,1H3,(H,17,21)(H4,15,16,18,19,20). The summed E-state index contributed by atoms with van der Waals surface area (Å²) in [5.41, 5.74) is 11.8. The highest BCUT2D eigenvalue weighted by Gasteiger charge is 2.13. The van der Waals surface area contributed by atoms with Crippen molar-refractivity contribution in [2.45, 2.75) is 18.1 Å². The Labute approximate surface area is 136 Å². The summed E-state index contributed by atoms with van der Waals surface area (Å²) in [7, 11) is 0. The van der Waals surface area contributed by atoms with Crippen molar-refractivity contribution in [1.29, 1.82) is 0 Å². The first kappa shape index (κ1) is 16.3. The Balaban J connectivity index is 1.91. The Morgan fingerprint density at radius 3 is 2.55 bits per heavy atom. The third-order valence-corrected chi connectivity index (χ3v) is 3.92. The number of rotatable bonds is 5. The third-order valence-electron chi connectivity index (χ3n) is 2.73. The Morgan fingerprint density at radius 2 is 1.91 bits per heavy atom. The van der Waals surface area contributed by atoms with Gasteiger partial charge in [0.05, 0.1) is 11.8 Å². The summed E-state index contributed by atoms with van der Waals surface area (Å²) in [5, 5.41) is 3.78. The normalized spacial score (nSPS) is 11.9. The molecule has 1 atom stereocenters. The van der Waals surface area contributed by atoms with Gasteiger partial charge in [0.1, 0.15) is 0 Å². The van der Waals surface area contributed by atoms with E-state index < -0.39 is 0 Å². The van der Waals surface area contributed by atoms with Crippen molar-refractivity contribution in [3.05, 3.63) is 34.9 Å². The van der Waals surface area contributed by atoms with Crippen LogP contribution in [0.4, 0.5) is 11.9 Å². The molecule has 116 valence electrons. The number of anilines is 2. The number of nitrogen functional groups attached to an aromatic ring is 2. The maximum atomic E-state index is 12.0. The van der Waals surface area contributed by atoms with Crippen LogP contribution in [0.1, 0.15) is 18.5 Å². The van der Waals surface area contributed by atoms with Gasteiger partial charge >= 0.3 is 0 Å². The Bertz CT molecular complexity index is 663.